The van der Waals surface area contributed by atoms with Crippen LogP contribution in [-0.4, -0.2) is 42.5 Å². The lowest BCUT2D eigenvalue weighted by molar-refractivity contribution is -0.131. The quantitative estimate of drug-likeness (QED) is 0.754. The van der Waals surface area contributed by atoms with E-state index in [1.807, 2.05) is 17.3 Å². The number of carbonyl (C=O) groups excluding carboxylic acids is 1. The Bertz CT molecular complexity index is 703. The number of amides is 1. The van der Waals surface area contributed by atoms with Gasteiger partial charge in [0.1, 0.15) is 5.82 Å². The number of likely N-dealkylation sites (tertiary alicyclic amines) is 1. The van der Waals surface area contributed by atoms with Crippen molar-refractivity contribution in [3.05, 3.63) is 51.7 Å². The molecule has 0 radical (unpaired) electrons. The summed E-state index contributed by atoms with van der Waals surface area (Å²) >= 11 is 1.56. The summed E-state index contributed by atoms with van der Waals surface area (Å²) in [6.07, 6.45) is 3.18. The highest BCUT2D eigenvalue weighted by Crippen LogP contribution is 2.19. The van der Waals surface area contributed by atoms with Crippen LogP contribution in [0.25, 0.3) is 0 Å². The van der Waals surface area contributed by atoms with Crippen molar-refractivity contribution in [2.75, 3.05) is 26.7 Å². The monoisotopic (exact) mass is 433 g/mol. The fourth-order valence-electron chi connectivity index (χ4n) is 3.23. The molecule has 1 aliphatic heterocycles. The third-order valence-electron chi connectivity index (χ3n) is 4.66. The molecule has 27 heavy (non-hydrogen) atoms. The van der Waals surface area contributed by atoms with E-state index < -0.39 is 0 Å². The topological polar surface area (TPSA) is 45.2 Å². The molecule has 1 aromatic heterocycles. The second-order valence-electron chi connectivity index (χ2n) is 6.59. The molecular formula is C19H26Cl2FN3OS. The Kier molecular flexibility index (Phi) is 10.2. The predicted octanol–water partition coefficient (Wildman–Crippen LogP) is 3.72. The average molecular weight is 434 g/mol. The van der Waals surface area contributed by atoms with E-state index in [9.17, 15) is 9.18 Å². The Morgan fingerprint density at radius 3 is 2.56 bits per heavy atom. The standard InChI is InChI=1S/C19H24FN3OS.2ClH/c1-21-12-15-6-8-23(9-7-15)19(24)11-17-13-25-18(22-17)10-14-2-4-16(20)5-3-14;;/h2-5,13,15,21H,6-12H2,1H3;2*1H. The van der Waals surface area contributed by atoms with Crippen molar-refractivity contribution >= 4 is 42.1 Å². The number of hydrogen-bond acceptors (Lipinski definition) is 4. The number of halogens is 3. The van der Waals surface area contributed by atoms with E-state index in [4.69, 9.17) is 0 Å². The highest BCUT2D eigenvalue weighted by Gasteiger charge is 2.22. The summed E-state index contributed by atoms with van der Waals surface area (Å²) in [5, 5.41) is 6.14. The van der Waals surface area contributed by atoms with Crippen molar-refractivity contribution < 1.29 is 9.18 Å². The highest BCUT2D eigenvalue weighted by atomic mass is 35.5. The number of hydrogen-bond donors (Lipinski definition) is 1. The summed E-state index contributed by atoms with van der Waals surface area (Å²) in [6.45, 7) is 2.72. The zero-order valence-corrected chi connectivity index (χ0v) is 17.8. The van der Waals surface area contributed by atoms with Gasteiger partial charge < -0.3 is 10.2 Å². The molecule has 2 aromatic rings. The normalized spacial score (nSPS) is 14.4. The van der Waals surface area contributed by atoms with E-state index >= 15 is 0 Å². The number of piperidine rings is 1. The van der Waals surface area contributed by atoms with Crippen molar-refractivity contribution in [2.24, 2.45) is 5.92 Å². The van der Waals surface area contributed by atoms with Crippen LogP contribution in [0.2, 0.25) is 0 Å². The lowest BCUT2D eigenvalue weighted by atomic mass is 9.96. The second-order valence-corrected chi connectivity index (χ2v) is 7.54. The summed E-state index contributed by atoms with van der Waals surface area (Å²) < 4.78 is 13.0. The third kappa shape index (κ3) is 7.03. The van der Waals surface area contributed by atoms with Crippen molar-refractivity contribution in [2.45, 2.75) is 25.7 Å². The molecule has 0 unspecified atom stereocenters. The summed E-state index contributed by atoms with van der Waals surface area (Å²) in [7, 11) is 1.98. The van der Waals surface area contributed by atoms with Crippen LogP contribution in [0.3, 0.4) is 0 Å². The Morgan fingerprint density at radius 1 is 1.26 bits per heavy atom. The van der Waals surface area contributed by atoms with Gasteiger partial charge in [-0.25, -0.2) is 9.37 Å². The van der Waals surface area contributed by atoms with Crippen molar-refractivity contribution in [3.63, 3.8) is 0 Å². The minimum Gasteiger partial charge on any atom is -0.342 e. The molecule has 4 nitrogen and oxygen atoms in total. The zero-order valence-electron chi connectivity index (χ0n) is 15.3. The zero-order chi connectivity index (χ0) is 17.6. The van der Waals surface area contributed by atoms with Crippen molar-refractivity contribution in [3.8, 4) is 0 Å². The maximum absolute atomic E-state index is 13.0. The molecule has 1 amide bonds. The van der Waals surface area contributed by atoms with Gasteiger partial charge in [0.2, 0.25) is 5.91 Å². The predicted molar refractivity (Wildman–Crippen MR) is 113 cm³/mol. The largest absolute Gasteiger partial charge is 0.342 e. The lowest BCUT2D eigenvalue weighted by Gasteiger charge is -2.31. The van der Waals surface area contributed by atoms with E-state index in [2.05, 4.69) is 10.3 Å². The Balaban J connectivity index is 0.00000182. The van der Waals surface area contributed by atoms with Crippen LogP contribution in [0.1, 0.15) is 29.1 Å². The van der Waals surface area contributed by atoms with Gasteiger partial charge in [0.05, 0.1) is 17.1 Å². The van der Waals surface area contributed by atoms with Crippen LogP contribution < -0.4 is 5.32 Å². The molecule has 1 aromatic carbocycles. The van der Waals surface area contributed by atoms with Crippen molar-refractivity contribution in [1.29, 1.82) is 0 Å². The highest BCUT2D eigenvalue weighted by molar-refractivity contribution is 7.09. The number of thiazole rings is 1. The fraction of sp³-hybridized carbons (Fsp3) is 0.474. The van der Waals surface area contributed by atoms with E-state index in [0.717, 1.165) is 48.7 Å². The molecule has 8 heteroatoms. The van der Waals surface area contributed by atoms with Crippen LogP contribution >= 0.6 is 36.2 Å². The van der Waals surface area contributed by atoms with Gasteiger partial charge in [-0.2, -0.15) is 0 Å². The van der Waals surface area contributed by atoms with Gasteiger partial charge in [-0.05, 0) is 50.0 Å². The summed E-state index contributed by atoms with van der Waals surface area (Å²) in [6, 6.07) is 6.48. The van der Waals surface area contributed by atoms with Crippen LogP contribution in [0.5, 0.6) is 0 Å². The van der Waals surface area contributed by atoms with E-state index in [-0.39, 0.29) is 36.5 Å². The lowest BCUT2D eigenvalue weighted by Crippen LogP contribution is -2.41. The smallest absolute Gasteiger partial charge is 0.228 e. The molecule has 1 N–H and O–H groups in total. The minimum absolute atomic E-state index is 0. The Hall–Kier alpha value is -1.21. The van der Waals surface area contributed by atoms with Crippen LogP contribution in [0, 0.1) is 11.7 Å². The number of rotatable bonds is 6. The Labute approximate surface area is 176 Å². The van der Waals surface area contributed by atoms with Crippen LogP contribution in [0.4, 0.5) is 4.39 Å². The summed E-state index contributed by atoms with van der Waals surface area (Å²) in [5.41, 5.74) is 1.87. The first-order valence-corrected chi connectivity index (χ1v) is 9.62. The maximum Gasteiger partial charge on any atom is 0.228 e. The van der Waals surface area contributed by atoms with Gasteiger partial charge in [0.25, 0.3) is 0 Å². The molecule has 1 aliphatic rings. The van der Waals surface area contributed by atoms with E-state index in [1.165, 1.54) is 12.1 Å². The molecule has 3 rings (SSSR count). The number of nitrogens with zero attached hydrogens (tertiary/aromatic N) is 2. The van der Waals surface area contributed by atoms with Gasteiger partial charge in [0.15, 0.2) is 0 Å². The van der Waals surface area contributed by atoms with Gasteiger partial charge in [-0.3, -0.25) is 4.79 Å². The molecule has 0 atom stereocenters. The average Bonchev–Trinajstić information content (AvgIpc) is 3.05. The number of benzene rings is 1. The third-order valence-corrected chi connectivity index (χ3v) is 5.56. The number of carbonyl (C=O) groups is 1. The maximum atomic E-state index is 13.0. The van der Waals surface area contributed by atoms with Crippen molar-refractivity contribution in [1.82, 2.24) is 15.2 Å². The minimum atomic E-state index is -0.229. The molecule has 1 fully saturated rings. The fourth-order valence-corrected chi connectivity index (χ4v) is 4.06. The number of aromatic nitrogens is 1. The van der Waals surface area contributed by atoms with Gasteiger partial charge in [-0.1, -0.05) is 12.1 Å². The molecule has 0 bridgehead atoms. The second kappa shape index (κ2) is 11.6. The first-order chi connectivity index (χ1) is 12.1. The number of nitrogens with one attached hydrogen (secondary N) is 1. The Morgan fingerprint density at radius 2 is 1.93 bits per heavy atom. The van der Waals surface area contributed by atoms with Gasteiger partial charge in [0, 0.05) is 24.9 Å². The first kappa shape index (κ1) is 23.8. The van der Waals surface area contributed by atoms with Gasteiger partial charge in [-0.15, -0.1) is 36.2 Å². The molecule has 2 heterocycles. The van der Waals surface area contributed by atoms with Crippen LogP contribution in [0.15, 0.2) is 29.6 Å². The SMILES string of the molecule is CNCC1CCN(C(=O)Cc2csc(Cc3ccc(F)cc3)n2)CC1.Cl.Cl. The van der Waals surface area contributed by atoms with Crippen LogP contribution in [-0.2, 0) is 17.6 Å². The summed E-state index contributed by atoms with van der Waals surface area (Å²) in [4.78, 5) is 19.0. The van der Waals surface area contributed by atoms with Gasteiger partial charge >= 0.3 is 0 Å². The van der Waals surface area contributed by atoms with E-state index in [0.29, 0.717) is 18.8 Å². The molecule has 0 aliphatic carbocycles. The molecule has 150 valence electrons. The van der Waals surface area contributed by atoms with E-state index in [1.54, 1.807) is 23.5 Å². The first-order valence-electron chi connectivity index (χ1n) is 8.74. The molecule has 0 saturated carbocycles. The summed E-state index contributed by atoms with van der Waals surface area (Å²) in [5.74, 6) is 0.616. The molecular weight excluding hydrogens is 408 g/mol. The molecule has 1 saturated heterocycles. The molecule has 0 spiro atoms.